The summed E-state index contributed by atoms with van der Waals surface area (Å²) >= 11 is 0. The van der Waals surface area contributed by atoms with Crippen LogP contribution in [0, 0.1) is 0 Å². The minimum Gasteiger partial charge on any atom is -0.462 e. The number of carbonyl (C=O) groups is 1. The van der Waals surface area contributed by atoms with Crippen LogP contribution in [-0.4, -0.2) is 55.1 Å². The van der Waals surface area contributed by atoms with Crippen molar-refractivity contribution in [2.24, 2.45) is 0 Å². The van der Waals surface area contributed by atoms with E-state index in [1.807, 2.05) is 68.6 Å². The van der Waals surface area contributed by atoms with E-state index in [1.165, 1.54) is 0 Å². The standard InChI is InChI=1S/C32H37N3O4/c1-5-38-31(36)28-29(32(3,4)39-6-2)26(21-23-13-9-7-10-14-23)35-30(28)25(24-15-11-8-12-16-24)22-27(33-35)34-17-19-37-20-18-34/h7-16,22H,5-6,17-21H2,1-4H3. The highest BCUT2D eigenvalue weighted by Crippen LogP contribution is 2.41. The quantitative estimate of drug-likeness (QED) is 0.254. The molecule has 39 heavy (non-hydrogen) atoms. The van der Waals surface area contributed by atoms with Crippen LogP contribution in [-0.2, 0) is 26.2 Å². The zero-order valence-corrected chi connectivity index (χ0v) is 23.3. The Labute approximate surface area is 230 Å². The second-order valence-corrected chi connectivity index (χ2v) is 10.2. The van der Waals surface area contributed by atoms with Gasteiger partial charge in [0.05, 0.1) is 42.2 Å². The monoisotopic (exact) mass is 527 g/mol. The zero-order valence-electron chi connectivity index (χ0n) is 23.3. The number of benzene rings is 2. The molecule has 7 heteroatoms. The average molecular weight is 528 g/mol. The number of anilines is 1. The van der Waals surface area contributed by atoms with Gasteiger partial charge in [-0.2, -0.15) is 0 Å². The van der Waals surface area contributed by atoms with Crippen molar-refractivity contribution in [3.05, 3.63) is 89.1 Å². The number of morpholine rings is 1. The number of esters is 1. The molecule has 7 nitrogen and oxygen atoms in total. The fourth-order valence-corrected chi connectivity index (χ4v) is 5.52. The van der Waals surface area contributed by atoms with Crippen molar-refractivity contribution in [2.45, 2.75) is 39.7 Å². The van der Waals surface area contributed by atoms with Crippen molar-refractivity contribution in [2.75, 3.05) is 44.4 Å². The zero-order chi connectivity index (χ0) is 27.4. The number of ether oxygens (including phenoxy) is 3. The first-order chi connectivity index (χ1) is 18.9. The third kappa shape index (κ3) is 5.42. The molecular formula is C32H37N3O4. The van der Waals surface area contributed by atoms with Crippen LogP contribution in [0.2, 0.25) is 0 Å². The molecule has 0 amide bonds. The summed E-state index contributed by atoms with van der Waals surface area (Å²) in [5.41, 5.74) is 5.30. The third-order valence-electron chi connectivity index (χ3n) is 7.19. The topological polar surface area (TPSA) is 65.3 Å². The smallest absolute Gasteiger partial charge is 0.340 e. The maximum Gasteiger partial charge on any atom is 0.340 e. The molecule has 2 aromatic carbocycles. The Morgan fingerprint density at radius 2 is 1.64 bits per heavy atom. The maximum atomic E-state index is 13.8. The predicted molar refractivity (Wildman–Crippen MR) is 154 cm³/mol. The molecular weight excluding hydrogens is 490 g/mol. The molecule has 0 atom stereocenters. The van der Waals surface area contributed by atoms with Gasteiger partial charge in [0.1, 0.15) is 5.82 Å². The normalized spacial score (nSPS) is 14.1. The Hall–Kier alpha value is -3.68. The number of rotatable bonds is 9. The second-order valence-electron chi connectivity index (χ2n) is 10.2. The lowest BCUT2D eigenvalue weighted by Gasteiger charge is -2.28. The Morgan fingerprint density at radius 1 is 0.974 bits per heavy atom. The van der Waals surface area contributed by atoms with Crippen molar-refractivity contribution in [1.82, 2.24) is 9.61 Å². The van der Waals surface area contributed by atoms with Gasteiger partial charge in [0.2, 0.25) is 0 Å². The lowest BCUT2D eigenvalue weighted by Crippen LogP contribution is -2.37. The van der Waals surface area contributed by atoms with E-state index in [2.05, 4.69) is 35.2 Å². The molecule has 0 aliphatic carbocycles. The Balaban J connectivity index is 1.90. The summed E-state index contributed by atoms with van der Waals surface area (Å²) in [5, 5.41) is 5.20. The summed E-state index contributed by atoms with van der Waals surface area (Å²) < 4.78 is 19.6. The molecule has 0 N–H and O–H groups in total. The highest BCUT2D eigenvalue weighted by atomic mass is 16.5. The summed E-state index contributed by atoms with van der Waals surface area (Å²) in [6.07, 6.45) is 0.584. The lowest BCUT2D eigenvalue weighted by atomic mass is 9.90. The number of nitrogens with zero attached hydrogens (tertiary/aromatic N) is 3. The highest BCUT2D eigenvalue weighted by Gasteiger charge is 2.37. The third-order valence-corrected chi connectivity index (χ3v) is 7.19. The largest absolute Gasteiger partial charge is 0.462 e. The van der Waals surface area contributed by atoms with Gasteiger partial charge in [-0.1, -0.05) is 60.7 Å². The summed E-state index contributed by atoms with van der Waals surface area (Å²) in [7, 11) is 0. The number of aromatic nitrogens is 2. The van der Waals surface area contributed by atoms with E-state index in [1.54, 1.807) is 0 Å². The summed E-state index contributed by atoms with van der Waals surface area (Å²) in [6.45, 7) is 11.4. The van der Waals surface area contributed by atoms with E-state index in [0.29, 0.717) is 31.8 Å². The van der Waals surface area contributed by atoms with Gasteiger partial charge in [-0.05, 0) is 44.9 Å². The maximum absolute atomic E-state index is 13.8. The lowest BCUT2D eigenvalue weighted by molar-refractivity contribution is -0.0157. The minimum absolute atomic E-state index is 0.276. The first kappa shape index (κ1) is 26.9. The van der Waals surface area contributed by atoms with E-state index >= 15 is 0 Å². The van der Waals surface area contributed by atoms with Crippen molar-refractivity contribution in [3.8, 4) is 11.1 Å². The fourth-order valence-electron chi connectivity index (χ4n) is 5.52. The average Bonchev–Trinajstić information content (AvgIpc) is 3.29. The minimum atomic E-state index is -0.762. The Morgan fingerprint density at radius 3 is 2.28 bits per heavy atom. The SMILES string of the molecule is CCOC(=O)c1c(C(C)(C)OCC)c(Cc2ccccc2)n2nc(N3CCOCC3)cc(-c3ccccc3)c12. The van der Waals surface area contributed by atoms with Crippen LogP contribution < -0.4 is 4.90 Å². The van der Waals surface area contributed by atoms with E-state index in [4.69, 9.17) is 19.3 Å². The van der Waals surface area contributed by atoms with E-state index in [-0.39, 0.29) is 12.6 Å². The number of hydrogen-bond donors (Lipinski definition) is 0. The predicted octanol–water partition coefficient (Wildman–Crippen LogP) is 5.88. The van der Waals surface area contributed by atoms with Gasteiger partial charge >= 0.3 is 5.97 Å². The van der Waals surface area contributed by atoms with Crippen LogP contribution in [0.25, 0.3) is 16.6 Å². The highest BCUT2D eigenvalue weighted by molar-refractivity contribution is 6.05. The molecule has 1 aliphatic heterocycles. The van der Waals surface area contributed by atoms with E-state index in [0.717, 1.165) is 52.4 Å². The molecule has 1 saturated heterocycles. The molecule has 0 bridgehead atoms. The van der Waals surface area contributed by atoms with Crippen LogP contribution in [0.1, 0.15) is 54.9 Å². The van der Waals surface area contributed by atoms with Gasteiger partial charge in [0, 0.05) is 37.2 Å². The van der Waals surface area contributed by atoms with Gasteiger partial charge in [-0.25, -0.2) is 9.31 Å². The number of hydrogen-bond acceptors (Lipinski definition) is 6. The van der Waals surface area contributed by atoms with Gasteiger partial charge < -0.3 is 19.1 Å². The fraction of sp³-hybridized carbons (Fsp3) is 0.375. The van der Waals surface area contributed by atoms with Gasteiger partial charge in [0.25, 0.3) is 0 Å². The van der Waals surface area contributed by atoms with E-state index in [9.17, 15) is 4.79 Å². The molecule has 5 rings (SSSR count). The molecule has 0 radical (unpaired) electrons. The van der Waals surface area contributed by atoms with Gasteiger partial charge in [0.15, 0.2) is 0 Å². The van der Waals surface area contributed by atoms with Crippen LogP contribution in [0.4, 0.5) is 5.82 Å². The molecule has 1 aliphatic rings. The van der Waals surface area contributed by atoms with E-state index < -0.39 is 5.60 Å². The van der Waals surface area contributed by atoms with Crippen LogP contribution in [0.3, 0.4) is 0 Å². The Bertz CT molecular complexity index is 1420. The van der Waals surface area contributed by atoms with Gasteiger partial charge in [-0.15, -0.1) is 5.10 Å². The molecule has 1 fully saturated rings. The second kappa shape index (κ2) is 11.6. The Kier molecular flexibility index (Phi) is 8.00. The summed E-state index contributed by atoms with van der Waals surface area (Å²) in [6, 6.07) is 22.6. The molecule has 0 saturated carbocycles. The first-order valence-electron chi connectivity index (χ1n) is 13.8. The molecule has 204 valence electrons. The molecule has 3 heterocycles. The summed E-state index contributed by atoms with van der Waals surface area (Å²) in [4.78, 5) is 16.1. The molecule has 4 aromatic rings. The molecule has 0 spiro atoms. The van der Waals surface area contributed by atoms with Crippen LogP contribution in [0.5, 0.6) is 0 Å². The van der Waals surface area contributed by atoms with Crippen LogP contribution >= 0.6 is 0 Å². The van der Waals surface area contributed by atoms with Crippen molar-refractivity contribution in [3.63, 3.8) is 0 Å². The van der Waals surface area contributed by atoms with Crippen molar-refractivity contribution < 1.29 is 19.0 Å². The number of carbonyl (C=O) groups excluding carboxylic acids is 1. The van der Waals surface area contributed by atoms with Crippen LogP contribution in [0.15, 0.2) is 66.7 Å². The van der Waals surface area contributed by atoms with Crippen molar-refractivity contribution >= 4 is 17.3 Å². The summed E-state index contributed by atoms with van der Waals surface area (Å²) in [5.74, 6) is 0.486. The van der Waals surface area contributed by atoms with Gasteiger partial charge in [-0.3, -0.25) is 0 Å². The molecule has 0 unspecified atom stereocenters. The molecule has 2 aromatic heterocycles. The number of fused-ring (bicyclic) bond motifs is 1. The first-order valence-corrected chi connectivity index (χ1v) is 13.8. The van der Waals surface area contributed by atoms with Crippen molar-refractivity contribution in [1.29, 1.82) is 0 Å².